The lowest BCUT2D eigenvalue weighted by Crippen LogP contribution is -2.38. The van der Waals surface area contributed by atoms with Crippen LogP contribution in [0.3, 0.4) is 0 Å². The number of para-hydroxylation sites is 1. The van der Waals surface area contributed by atoms with Crippen molar-refractivity contribution in [2.75, 3.05) is 5.32 Å². The molecule has 1 N–H and O–H groups in total. The van der Waals surface area contributed by atoms with Crippen molar-refractivity contribution in [1.29, 1.82) is 0 Å². The SMILES string of the molecule is Cc1nccn1CC1CCC2Nc3ccccc3C2C1=O. The summed E-state index contributed by atoms with van der Waals surface area (Å²) in [5.41, 5.74) is 2.32. The minimum absolute atomic E-state index is 0.0313. The first kappa shape index (κ1) is 12.6. The van der Waals surface area contributed by atoms with E-state index >= 15 is 0 Å². The molecule has 0 radical (unpaired) electrons. The maximum atomic E-state index is 12.9. The van der Waals surface area contributed by atoms with E-state index in [4.69, 9.17) is 0 Å². The highest BCUT2D eigenvalue weighted by atomic mass is 16.1. The van der Waals surface area contributed by atoms with Gasteiger partial charge < -0.3 is 9.88 Å². The highest BCUT2D eigenvalue weighted by molar-refractivity contribution is 5.93. The summed E-state index contributed by atoms with van der Waals surface area (Å²) in [5, 5.41) is 3.52. The molecule has 1 aromatic carbocycles. The summed E-state index contributed by atoms with van der Waals surface area (Å²) < 4.78 is 2.09. The van der Waals surface area contributed by atoms with Gasteiger partial charge in [0.1, 0.15) is 11.6 Å². The first-order valence-electron chi connectivity index (χ1n) is 7.61. The zero-order valence-corrected chi connectivity index (χ0v) is 12.1. The van der Waals surface area contributed by atoms with Gasteiger partial charge in [-0.1, -0.05) is 18.2 Å². The molecule has 0 spiro atoms. The number of benzene rings is 1. The molecule has 0 saturated heterocycles. The van der Waals surface area contributed by atoms with E-state index in [0.29, 0.717) is 5.78 Å². The van der Waals surface area contributed by atoms with Gasteiger partial charge in [0.05, 0.1) is 5.92 Å². The molecule has 4 nitrogen and oxygen atoms in total. The molecule has 1 aromatic heterocycles. The number of Topliss-reactive ketones (excluding diaryl/α,β-unsaturated/α-hetero) is 1. The van der Waals surface area contributed by atoms with Crippen LogP contribution in [0.15, 0.2) is 36.7 Å². The van der Waals surface area contributed by atoms with Gasteiger partial charge in [-0.15, -0.1) is 0 Å². The second kappa shape index (κ2) is 4.72. The Balaban J connectivity index is 1.61. The topological polar surface area (TPSA) is 46.9 Å². The van der Waals surface area contributed by atoms with E-state index in [0.717, 1.165) is 30.9 Å². The highest BCUT2D eigenvalue weighted by Gasteiger charge is 2.43. The molecule has 4 rings (SSSR count). The molecule has 1 aliphatic carbocycles. The maximum absolute atomic E-state index is 12.9. The third kappa shape index (κ3) is 1.97. The monoisotopic (exact) mass is 281 g/mol. The normalized spacial score (nSPS) is 27.1. The number of nitrogens with one attached hydrogen (secondary N) is 1. The summed E-state index contributed by atoms with van der Waals surface area (Å²) in [7, 11) is 0. The number of anilines is 1. The molecule has 3 unspecified atom stereocenters. The summed E-state index contributed by atoms with van der Waals surface area (Å²) in [6, 6.07) is 8.51. The van der Waals surface area contributed by atoms with E-state index < -0.39 is 0 Å². The van der Waals surface area contributed by atoms with E-state index in [-0.39, 0.29) is 17.9 Å². The van der Waals surface area contributed by atoms with Crippen LogP contribution in [0.5, 0.6) is 0 Å². The van der Waals surface area contributed by atoms with E-state index in [2.05, 4.69) is 27.0 Å². The van der Waals surface area contributed by atoms with Crippen LogP contribution in [0.1, 0.15) is 30.1 Å². The first-order chi connectivity index (χ1) is 10.2. The predicted molar refractivity (Wildman–Crippen MR) is 81.3 cm³/mol. The van der Waals surface area contributed by atoms with Gasteiger partial charge in [-0.3, -0.25) is 4.79 Å². The Morgan fingerprint density at radius 2 is 2.19 bits per heavy atom. The number of nitrogens with zero attached hydrogens (tertiary/aromatic N) is 2. The summed E-state index contributed by atoms with van der Waals surface area (Å²) in [4.78, 5) is 17.2. The highest BCUT2D eigenvalue weighted by Crippen LogP contribution is 2.43. The molecule has 21 heavy (non-hydrogen) atoms. The van der Waals surface area contributed by atoms with Gasteiger partial charge in [0.2, 0.25) is 0 Å². The first-order valence-corrected chi connectivity index (χ1v) is 7.61. The molecule has 0 amide bonds. The molecule has 1 aliphatic heterocycles. The van der Waals surface area contributed by atoms with Crippen molar-refractivity contribution in [2.24, 2.45) is 5.92 Å². The van der Waals surface area contributed by atoms with Gasteiger partial charge in [-0.25, -0.2) is 4.98 Å². The Hall–Kier alpha value is -2.10. The lowest BCUT2D eigenvalue weighted by atomic mass is 9.75. The Kier molecular flexibility index (Phi) is 2.84. The number of aryl methyl sites for hydroxylation is 1. The average molecular weight is 281 g/mol. The molecule has 1 saturated carbocycles. The number of carbonyl (C=O) groups excluding carboxylic acids is 1. The number of rotatable bonds is 2. The number of ketones is 1. The van der Waals surface area contributed by atoms with Gasteiger partial charge in [0.15, 0.2) is 0 Å². The second-order valence-corrected chi connectivity index (χ2v) is 6.12. The smallest absolute Gasteiger partial charge is 0.147 e. The number of aromatic nitrogens is 2. The van der Waals surface area contributed by atoms with Crippen LogP contribution < -0.4 is 5.32 Å². The lowest BCUT2D eigenvalue weighted by Gasteiger charge is -2.31. The Morgan fingerprint density at radius 1 is 1.33 bits per heavy atom. The average Bonchev–Trinajstić information content (AvgIpc) is 3.06. The lowest BCUT2D eigenvalue weighted by molar-refractivity contribution is -0.126. The van der Waals surface area contributed by atoms with Crippen molar-refractivity contribution in [3.63, 3.8) is 0 Å². The van der Waals surface area contributed by atoms with Gasteiger partial charge in [0.25, 0.3) is 0 Å². The fourth-order valence-electron chi connectivity index (χ4n) is 3.78. The van der Waals surface area contributed by atoms with Crippen LogP contribution in [0.25, 0.3) is 0 Å². The zero-order valence-electron chi connectivity index (χ0n) is 12.1. The molecule has 3 atom stereocenters. The Morgan fingerprint density at radius 3 is 3.00 bits per heavy atom. The summed E-state index contributed by atoms with van der Waals surface area (Å²) >= 11 is 0. The molecule has 4 heteroatoms. The molecule has 2 aliphatic rings. The molecular weight excluding hydrogens is 262 g/mol. The number of hydrogen-bond acceptors (Lipinski definition) is 3. The minimum Gasteiger partial charge on any atom is -0.381 e. The van der Waals surface area contributed by atoms with Crippen molar-refractivity contribution in [3.05, 3.63) is 48.0 Å². The van der Waals surface area contributed by atoms with E-state index in [1.807, 2.05) is 25.3 Å². The molecular formula is C17H19N3O. The van der Waals surface area contributed by atoms with E-state index in [1.165, 1.54) is 5.56 Å². The standard InChI is InChI=1S/C17H19N3O/c1-11-18-8-9-20(11)10-12-6-7-15-16(17(12)21)13-4-2-3-5-14(13)19-15/h2-5,8-9,12,15-16,19H,6-7,10H2,1H3. The molecule has 1 fully saturated rings. The van der Waals surface area contributed by atoms with E-state index in [9.17, 15) is 4.79 Å². The van der Waals surface area contributed by atoms with Crippen molar-refractivity contribution >= 4 is 11.5 Å². The molecule has 108 valence electrons. The number of imidazole rings is 1. The van der Waals surface area contributed by atoms with Crippen molar-refractivity contribution in [3.8, 4) is 0 Å². The number of carbonyl (C=O) groups is 1. The Bertz CT molecular complexity index is 691. The molecule has 0 bridgehead atoms. The van der Waals surface area contributed by atoms with E-state index in [1.54, 1.807) is 6.20 Å². The third-order valence-electron chi connectivity index (χ3n) is 4.91. The van der Waals surface area contributed by atoms with Crippen LogP contribution in [0.4, 0.5) is 5.69 Å². The van der Waals surface area contributed by atoms with Crippen LogP contribution in [0.2, 0.25) is 0 Å². The zero-order chi connectivity index (χ0) is 14.4. The van der Waals surface area contributed by atoms with Gasteiger partial charge in [-0.05, 0) is 31.4 Å². The fourth-order valence-corrected chi connectivity index (χ4v) is 3.78. The minimum atomic E-state index is 0.0313. The van der Waals surface area contributed by atoms with Crippen LogP contribution >= 0.6 is 0 Å². The maximum Gasteiger partial charge on any atom is 0.147 e. The molecule has 2 aromatic rings. The third-order valence-corrected chi connectivity index (χ3v) is 4.91. The quantitative estimate of drug-likeness (QED) is 0.920. The Labute approximate surface area is 124 Å². The van der Waals surface area contributed by atoms with Gasteiger partial charge >= 0.3 is 0 Å². The van der Waals surface area contributed by atoms with Crippen LogP contribution in [0, 0.1) is 12.8 Å². The fraction of sp³-hybridized carbons (Fsp3) is 0.412. The largest absolute Gasteiger partial charge is 0.381 e. The van der Waals surface area contributed by atoms with Crippen molar-refractivity contribution in [1.82, 2.24) is 9.55 Å². The molecule has 2 heterocycles. The number of fused-ring (bicyclic) bond motifs is 3. The summed E-state index contributed by atoms with van der Waals surface area (Å²) in [6.45, 7) is 2.75. The van der Waals surface area contributed by atoms with Crippen molar-refractivity contribution in [2.45, 2.75) is 38.3 Å². The van der Waals surface area contributed by atoms with Crippen LogP contribution in [-0.2, 0) is 11.3 Å². The van der Waals surface area contributed by atoms with Crippen molar-refractivity contribution < 1.29 is 4.79 Å². The van der Waals surface area contributed by atoms with Gasteiger partial charge in [-0.2, -0.15) is 0 Å². The number of hydrogen-bond donors (Lipinski definition) is 1. The van der Waals surface area contributed by atoms with Gasteiger partial charge in [0, 0.05) is 36.6 Å². The van der Waals surface area contributed by atoms with Crippen LogP contribution in [-0.4, -0.2) is 21.4 Å². The predicted octanol–water partition coefficient (Wildman–Crippen LogP) is 2.75. The summed E-state index contributed by atoms with van der Waals surface area (Å²) in [6.07, 6.45) is 5.79. The summed E-state index contributed by atoms with van der Waals surface area (Å²) in [5.74, 6) is 1.50. The second-order valence-electron chi connectivity index (χ2n) is 6.12.